The molecule has 25 heavy (non-hydrogen) atoms. The third-order valence-corrected chi connectivity index (χ3v) is 4.46. The molecular weight excluding hydrogens is 312 g/mol. The predicted molar refractivity (Wildman–Crippen MR) is 101 cm³/mol. The minimum atomic E-state index is -0.298. The van der Waals surface area contributed by atoms with Gasteiger partial charge in [0.05, 0.1) is 0 Å². The van der Waals surface area contributed by atoms with Crippen LogP contribution in [0.3, 0.4) is 0 Å². The van der Waals surface area contributed by atoms with Crippen LogP contribution >= 0.6 is 0 Å². The summed E-state index contributed by atoms with van der Waals surface area (Å²) in [6.45, 7) is 6.38. The van der Waals surface area contributed by atoms with Crippen molar-refractivity contribution in [2.45, 2.75) is 46.5 Å². The minimum Gasteiger partial charge on any atom is -0.339 e. The number of benzene rings is 1. The Bertz CT molecular complexity index is 833. The molecule has 132 valence electrons. The fraction of sp³-hybridized carbons (Fsp3) is 0.450. The van der Waals surface area contributed by atoms with E-state index in [1.165, 1.54) is 4.57 Å². The fourth-order valence-electron chi connectivity index (χ4n) is 3.00. The minimum absolute atomic E-state index is 0.0558. The number of nitriles is 1. The van der Waals surface area contributed by atoms with Crippen molar-refractivity contribution in [1.29, 1.82) is 5.26 Å². The number of nitrogens with zero attached hydrogens (tertiary/aromatic N) is 3. The summed E-state index contributed by atoms with van der Waals surface area (Å²) in [6.07, 6.45) is 3.75. The normalized spacial score (nSPS) is 11.8. The molecule has 0 spiro atoms. The lowest BCUT2D eigenvalue weighted by atomic mass is 10.0. The van der Waals surface area contributed by atoms with Crippen molar-refractivity contribution in [3.8, 4) is 6.07 Å². The lowest BCUT2D eigenvalue weighted by molar-refractivity contribution is 0.495. The summed E-state index contributed by atoms with van der Waals surface area (Å²) in [6, 6.07) is 9.89. The van der Waals surface area contributed by atoms with E-state index in [9.17, 15) is 10.1 Å². The monoisotopic (exact) mass is 338 g/mol. The molecular formula is C20H26N4O. The Kier molecular flexibility index (Phi) is 6.35. The maximum absolute atomic E-state index is 12.6. The Morgan fingerprint density at radius 3 is 2.68 bits per heavy atom. The quantitative estimate of drug-likeness (QED) is 0.830. The number of nitrogens with one attached hydrogen (secondary N) is 1. The number of para-hydroxylation sites is 1. The van der Waals surface area contributed by atoms with Crippen LogP contribution in [0.15, 0.2) is 29.1 Å². The van der Waals surface area contributed by atoms with E-state index in [0.717, 1.165) is 36.9 Å². The zero-order valence-electron chi connectivity index (χ0n) is 15.5. The van der Waals surface area contributed by atoms with E-state index in [0.29, 0.717) is 17.6 Å². The molecule has 0 saturated carbocycles. The van der Waals surface area contributed by atoms with Gasteiger partial charge in [-0.3, -0.25) is 9.36 Å². The second-order valence-corrected chi connectivity index (χ2v) is 6.46. The lowest BCUT2D eigenvalue weighted by Crippen LogP contribution is -2.27. The topological polar surface area (TPSA) is 70.7 Å². The Hall–Kier alpha value is -2.61. The number of aromatic nitrogens is 2. The van der Waals surface area contributed by atoms with Crippen LogP contribution in [0.5, 0.6) is 0 Å². The maximum Gasteiger partial charge on any atom is 0.273 e. The Balaban J connectivity index is 2.47. The average Bonchev–Trinajstić information content (AvgIpc) is 2.60. The van der Waals surface area contributed by atoms with Gasteiger partial charge in [-0.15, -0.1) is 0 Å². The molecule has 5 nitrogen and oxygen atoms in total. The molecule has 0 saturated heterocycles. The zero-order chi connectivity index (χ0) is 18.4. The number of rotatable bonds is 7. The highest BCUT2D eigenvalue weighted by molar-refractivity contribution is 5.65. The third kappa shape index (κ3) is 4.27. The van der Waals surface area contributed by atoms with Gasteiger partial charge in [0, 0.05) is 19.2 Å². The van der Waals surface area contributed by atoms with Gasteiger partial charge in [0.25, 0.3) is 5.56 Å². The summed E-state index contributed by atoms with van der Waals surface area (Å²) in [5.41, 5.74) is 1.76. The van der Waals surface area contributed by atoms with Crippen molar-refractivity contribution >= 4 is 11.5 Å². The first-order valence-corrected chi connectivity index (χ1v) is 8.86. The van der Waals surface area contributed by atoms with E-state index in [4.69, 9.17) is 0 Å². The molecule has 2 aromatic rings. The van der Waals surface area contributed by atoms with Crippen LogP contribution in [0, 0.1) is 17.2 Å². The molecule has 5 heteroatoms. The number of aryl methyl sites for hydroxylation is 1. The lowest BCUT2D eigenvalue weighted by Gasteiger charge is -2.16. The molecule has 1 aromatic carbocycles. The summed E-state index contributed by atoms with van der Waals surface area (Å²) in [7, 11) is 1.69. The fourth-order valence-corrected chi connectivity index (χ4v) is 3.00. The van der Waals surface area contributed by atoms with Crippen molar-refractivity contribution in [3.63, 3.8) is 0 Å². The van der Waals surface area contributed by atoms with Crippen molar-refractivity contribution in [1.82, 2.24) is 9.55 Å². The first-order valence-electron chi connectivity index (χ1n) is 8.86. The summed E-state index contributed by atoms with van der Waals surface area (Å²) in [4.78, 5) is 17.2. The highest BCUT2D eigenvalue weighted by atomic mass is 16.1. The van der Waals surface area contributed by atoms with Crippen LogP contribution in [-0.4, -0.2) is 9.55 Å². The first-order chi connectivity index (χ1) is 12.0. The molecule has 1 atom stereocenters. The van der Waals surface area contributed by atoms with Crippen LogP contribution in [0.25, 0.3) is 0 Å². The largest absolute Gasteiger partial charge is 0.339 e. The molecule has 1 unspecified atom stereocenters. The van der Waals surface area contributed by atoms with E-state index in [-0.39, 0.29) is 11.1 Å². The van der Waals surface area contributed by atoms with Gasteiger partial charge >= 0.3 is 0 Å². The number of anilines is 2. The second kappa shape index (κ2) is 8.48. The summed E-state index contributed by atoms with van der Waals surface area (Å²) in [5, 5.41) is 12.7. The van der Waals surface area contributed by atoms with Gasteiger partial charge in [-0.05, 0) is 24.0 Å². The zero-order valence-corrected chi connectivity index (χ0v) is 15.5. The van der Waals surface area contributed by atoms with Gasteiger partial charge in [0.15, 0.2) is 11.4 Å². The number of hydrogen-bond donors (Lipinski definition) is 1. The summed E-state index contributed by atoms with van der Waals surface area (Å²) < 4.78 is 1.50. The first kappa shape index (κ1) is 18.7. The van der Waals surface area contributed by atoms with Gasteiger partial charge in [-0.2, -0.15) is 5.26 Å². The predicted octanol–water partition coefficient (Wildman–Crippen LogP) is 3.94. The molecule has 1 aromatic heterocycles. The van der Waals surface area contributed by atoms with E-state index < -0.39 is 0 Å². The SMILES string of the molecule is CCCC(C)Cc1nc(Nc2ccccc2CC)c(C#N)c(=O)n1C. The van der Waals surface area contributed by atoms with Crippen molar-refractivity contribution in [3.05, 3.63) is 51.6 Å². The van der Waals surface area contributed by atoms with Gasteiger partial charge in [0.1, 0.15) is 11.9 Å². The van der Waals surface area contributed by atoms with Crippen LogP contribution in [0.4, 0.5) is 11.5 Å². The van der Waals surface area contributed by atoms with Crippen molar-refractivity contribution in [2.75, 3.05) is 5.32 Å². The molecule has 0 aliphatic rings. The Labute approximate surface area is 149 Å². The van der Waals surface area contributed by atoms with E-state index >= 15 is 0 Å². The smallest absolute Gasteiger partial charge is 0.273 e. The molecule has 2 rings (SSSR count). The van der Waals surface area contributed by atoms with Crippen LogP contribution in [-0.2, 0) is 19.9 Å². The average molecular weight is 338 g/mol. The third-order valence-electron chi connectivity index (χ3n) is 4.46. The molecule has 0 amide bonds. The van der Waals surface area contributed by atoms with Gasteiger partial charge in [0.2, 0.25) is 0 Å². The molecule has 0 aliphatic heterocycles. The van der Waals surface area contributed by atoms with Crippen LogP contribution in [0.2, 0.25) is 0 Å². The van der Waals surface area contributed by atoms with Crippen LogP contribution < -0.4 is 10.9 Å². The van der Waals surface area contributed by atoms with Gasteiger partial charge in [-0.1, -0.05) is 51.8 Å². The molecule has 0 fully saturated rings. The molecule has 0 bridgehead atoms. The second-order valence-electron chi connectivity index (χ2n) is 6.46. The highest BCUT2D eigenvalue weighted by Crippen LogP contribution is 2.22. The van der Waals surface area contributed by atoms with E-state index in [2.05, 4.69) is 31.1 Å². The van der Waals surface area contributed by atoms with Gasteiger partial charge in [-0.25, -0.2) is 4.98 Å². The summed E-state index contributed by atoms with van der Waals surface area (Å²) >= 11 is 0. The molecule has 0 aliphatic carbocycles. The number of hydrogen-bond acceptors (Lipinski definition) is 4. The maximum atomic E-state index is 12.6. The van der Waals surface area contributed by atoms with Crippen LogP contribution in [0.1, 0.15) is 50.6 Å². The van der Waals surface area contributed by atoms with E-state index in [1.54, 1.807) is 7.05 Å². The molecule has 1 heterocycles. The standard InChI is InChI=1S/C20H26N4O/c1-5-9-14(3)12-18-23-19(16(13-21)20(25)24(18)4)22-17-11-8-7-10-15(17)6-2/h7-8,10-11,14,22H,5-6,9,12H2,1-4H3. The van der Waals surface area contributed by atoms with E-state index in [1.807, 2.05) is 30.3 Å². The highest BCUT2D eigenvalue weighted by Gasteiger charge is 2.17. The van der Waals surface area contributed by atoms with Gasteiger partial charge < -0.3 is 5.32 Å². The van der Waals surface area contributed by atoms with Crippen molar-refractivity contribution < 1.29 is 0 Å². The Morgan fingerprint density at radius 1 is 1.32 bits per heavy atom. The molecule has 1 N–H and O–H groups in total. The Morgan fingerprint density at radius 2 is 2.04 bits per heavy atom. The summed E-state index contributed by atoms with van der Waals surface area (Å²) in [5.74, 6) is 1.50. The van der Waals surface area contributed by atoms with Crippen molar-refractivity contribution in [2.24, 2.45) is 13.0 Å². The molecule has 0 radical (unpaired) electrons.